The zero-order chi connectivity index (χ0) is 18.2. The van der Waals surface area contributed by atoms with Crippen molar-refractivity contribution in [3.63, 3.8) is 0 Å². The van der Waals surface area contributed by atoms with Crippen molar-refractivity contribution in [2.75, 3.05) is 19.0 Å². The second-order valence-electron chi connectivity index (χ2n) is 5.05. The van der Waals surface area contributed by atoms with Gasteiger partial charge in [-0.25, -0.2) is 4.39 Å². The lowest BCUT2D eigenvalue weighted by Gasteiger charge is -2.13. The van der Waals surface area contributed by atoms with Gasteiger partial charge in [-0.2, -0.15) is 0 Å². The van der Waals surface area contributed by atoms with Gasteiger partial charge in [0, 0.05) is 0 Å². The quantitative estimate of drug-likeness (QED) is 0.560. The molecule has 2 rings (SSSR count). The highest BCUT2D eigenvalue weighted by Crippen LogP contribution is 2.27. The van der Waals surface area contributed by atoms with Gasteiger partial charge in [-0.3, -0.25) is 15.6 Å². The minimum Gasteiger partial charge on any atom is -0.493 e. The molecule has 0 fully saturated rings. The molecule has 0 aliphatic rings. The van der Waals surface area contributed by atoms with E-state index in [1.54, 1.807) is 24.3 Å². The molecule has 0 saturated carbocycles. The van der Waals surface area contributed by atoms with Gasteiger partial charge in [0.25, 0.3) is 5.91 Å². The summed E-state index contributed by atoms with van der Waals surface area (Å²) in [5.74, 6) is 0.0842. The van der Waals surface area contributed by atoms with Crippen molar-refractivity contribution in [3.8, 4) is 11.5 Å². The van der Waals surface area contributed by atoms with Crippen molar-refractivity contribution in [1.29, 1.82) is 0 Å². The van der Waals surface area contributed by atoms with Crippen LogP contribution in [0.5, 0.6) is 11.5 Å². The molecule has 0 aliphatic carbocycles. The number of methoxy groups -OCH3 is 1. The van der Waals surface area contributed by atoms with Crippen LogP contribution < -0.4 is 25.6 Å². The fraction of sp³-hybridized carbons (Fsp3) is 0.176. The number of aryl methyl sites for hydroxylation is 1. The van der Waals surface area contributed by atoms with Gasteiger partial charge in [0.15, 0.2) is 23.2 Å². The Morgan fingerprint density at radius 2 is 1.92 bits per heavy atom. The maximum atomic E-state index is 13.5. The summed E-state index contributed by atoms with van der Waals surface area (Å²) in [5.41, 5.74) is 6.05. The first-order chi connectivity index (χ1) is 12.0. The highest BCUT2D eigenvalue weighted by atomic mass is 32.1. The van der Waals surface area contributed by atoms with E-state index in [9.17, 15) is 9.18 Å². The van der Waals surface area contributed by atoms with Crippen molar-refractivity contribution < 1.29 is 18.7 Å². The highest BCUT2D eigenvalue weighted by Gasteiger charge is 2.08. The molecule has 0 saturated heterocycles. The Morgan fingerprint density at radius 3 is 2.64 bits per heavy atom. The van der Waals surface area contributed by atoms with Crippen LogP contribution in [-0.4, -0.2) is 24.7 Å². The van der Waals surface area contributed by atoms with E-state index in [0.717, 1.165) is 5.56 Å². The number of thiocarbonyl (C=S) groups is 1. The number of hydrogen-bond donors (Lipinski definition) is 3. The highest BCUT2D eigenvalue weighted by molar-refractivity contribution is 7.80. The molecule has 0 atom stereocenters. The monoisotopic (exact) mass is 363 g/mol. The lowest BCUT2D eigenvalue weighted by molar-refractivity contribution is -0.123. The molecule has 8 heteroatoms. The summed E-state index contributed by atoms with van der Waals surface area (Å²) < 4.78 is 24.1. The Bertz CT molecular complexity index is 771. The molecular weight excluding hydrogens is 345 g/mol. The van der Waals surface area contributed by atoms with E-state index in [1.165, 1.54) is 19.2 Å². The average Bonchev–Trinajstić information content (AvgIpc) is 2.60. The minimum atomic E-state index is -0.458. The van der Waals surface area contributed by atoms with Crippen LogP contribution >= 0.6 is 12.2 Å². The molecule has 1 amide bonds. The predicted molar refractivity (Wildman–Crippen MR) is 97.1 cm³/mol. The van der Waals surface area contributed by atoms with Gasteiger partial charge in [0.2, 0.25) is 0 Å². The number of carbonyl (C=O) groups excluding carboxylic acids is 1. The number of nitrogens with one attached hydrogen (secondary N) is 3. The first-order valence-corrected chi connectivity index (χ1v) is 7.78. The third-order valence-corrected chi connectivity index (χ3v) is 3.32. The number of hydrogen-bond acceptors (Lipinski definition) is 4. The van der Waals surface area contributed by atoms with E-state index < -0.39 is 11.7 Å². The molecular formula is C17H18FN3O3S. The smallest absolute Gasteiger partial charge is 0.276 e. The summed E-state index contributed by atoms with van der Waals surface area (Å²) in [6.45, 7) is 1.68. The van der Waals surface area contributed by atoms with Crippen molar-refractivity contribution in [1.82, 2.24) is 10.9 Å². The molecule has 3 N–H and O–H groups in total. The van der Waals surface area contributed by atoms with Crippen LogP contribution in [0, 0.1) is 12.7 Å². The lowest BCUT2D eigenvalue weighted by atomic mass is 10.2. The Labute approximate surface area is 150 Å². The summed E-state index contributed by atoms with van der Waals surface area (Å²) in [5, 5.41) is 2.68. The summed E-state index contributed by atoms with van der Waals surface area (Å²) in [6.07, 6.45) is 0. The molecule has 0 unspecified atom stereocenters. The summed E-state index contributed by atoms with van der Waals surface area (Å²) in [7, 11) is 1.52. The SMILES string of the molecule is COc1cc(C)ccc1OCC(=O)NNC(=S)Nc1ccccc1F. The van der Waals surface area contributed by atoms with Crippen molar-refractivity contribution in [2.24, 2.45) is 0 Å². The largest absolute Gasteiger partial charge is 0.493 e. The summed E-state index contributed by atoms with van der Waals surface area (Å²) in [4.78, 5) is 11.8. The van der Waals surface area contributed by atoms with E-state index in [0.29, 0.717) is 11.5 Å². The van der Waals surface area contributed by atoms with Gasteiger partial charge in [-0.05, 0) is 49.0 Å². The second-order valence-corrected chi connectivity index (χ2v) is 5.46. The maximum Gasteiger partial charge on any atom is 0.276 e. The van der Waals surface area contributed by atoms with Crippen LogP contribution in [0.15, 0.2) is 42.5 Å². The molecule has 0 heterocycles. The Kier molecular flexibility index (Phi) is 6.53. The minimum absolute atomic E-state index is 0.0476. The van der Waals surface area contributed by atoms with Crippen LogP contribution in [0.1, 0.15) is 5.56 Å². The number of benzene rings is 2. The first kappa shape index (κ1) is 18.5. The van der Waals surface area contributed by atoms with Crippen molar-refractivity contribution in [2.45, 2.75) is 6.92 Å². The zero-order valence-electron chi connectivity index (χ0n) is 13.8. The Morgan fingerprint density at radius 1 is 1.16 bits per heavy atom. The van der Waals surface area contributed by atoms with Crippen LogP contribution in [-0.2, 0) is 4.79 Å². The molecule has 0 radical (unpaired) electrons. The topological polar surface area (TPSA) is 71.6 Å². The third-order valence-electron chi connectivity index (χ3n) is 3.12. The number of amides is 1. The van der Waals surface area contributed by atoms with Gasteiger partial charge in [0.1, 0.15) is 5.82 Å². The number of para-hydroxylation sites is 1. The fourth-order valence-corrected chi connectivity index (χ4v) is 2.08. The summed E-state index contributed by atoms with van der Waals surface area (Å²) >= 11 is 4.98. The van der Waals surface area contributed by atoms with Crippen LogP contribution in [0.3, 0.4) is 0 Å². The van der Waals surface area contributed by atoms with Crippen LogP contribution in [0.2, 0.25) is 0 Å². The van der Waals surface area contributed by atoms with E-state index in [-0.39, 0.29) is 17.4 Å². The molecule has 0 aromatic heterocycles. The first-order valence-electron chi connectivity index (χ1n) is 7.37. The van der Waals surface area contributed by atoms with Crippen LogP contribution in [0.4, 0.5) is 10.1 Å². The molecule has 2 aromatic carbocycles. The molecule has 0 bridgehead atoms. The Balaban J connectivity index is 1.79. The fourth-order valence-electron chi connectivity index (χ4n) is 1.92. The van der Waals surface area contributed by atoms with Gasteiger partial charge < -0.3 is 14.8 Å². The maximum absolute atomic E-state index is 13.5. The van der Waals surface area contributed by atoms with Crippen LogP contribution in [0.25, 0.3) is 0 Å². The molecule has 132 valence electrons. The van der Waals surface area contributed by atoms with Gasteiger partial charge in [-0.15, -0.1) is 0 Å². The third kappa shape index (κ3) is 5.61. The molecule has 6 nitrogen and oxygen atoms in total. The molecule has 0 aliphatic heterocycles. The second kappa shape index (κ2) is 8.84. The summed E-state index contributed by atoms with van der Waals surface area (Å²) in [6, 6.07) is 11.4. The van der Waals surface area contributed by atoms with Gasteiger partial charge in [-0.1, -0.05) is 18.2 Å². The zero-order valence-corrected chi connectivity index (χ0v) is 14.6. The van der Waals surface area contributed by atoms with Gasteiger partial charge >= 0.3 is 0 Å². The van der Waals surface area contributed by atoms with E-state index in [1.807, 2.05) is 13.0 Å². The van der Waals surface area contributed by atoms with Crippen molar-refractivity contribution in [3.05, 3.63) is 53.8 Å². The lowest BCUT2D eigenvalue weighted by Crippen LogP contribution is -2.45. The number of anilines is 1. The number of rotatable bonds is 5. The van der Waals surface area contributed by atoms with E-state index in [2.05, 4.69) is 16.2 Å². The number of ether oxygens (including phenoxy) is 2. The average molecular weight is 363 g/mol. The normalized spacial score (nSPS) is 9.88. The Hall–Kier alpha value is -2.87. The van der Waals surface area contributed by atoms with Gasteiger partial charge in [0.05, 0.1) is 12.8 Å². The van der Waals surface area contributed by atoms with E-state index >= 15 is 0 Å². The predicted octanol–water partition coefficient (Wildman–Crippen LogP) is 2.54. The standard InChI is InChI=1S/C17H18FN3O3S/c1-11-7-8-14(15(9-11)23-2)24-10-16(22)20-21-17(25)19-13-6-4-3-5-12(13)18/h3-9H,10H2,1-2H3,(H,20,22)(H2,19,21,25). The van der Waals surface area contributed by atoms with E-state index in [4.69, 9.17) is 21.7 Å². The number of halogens is 1. The number of hydrazine groups is 1. The van der Waals surface area contributed by atoms with Crippen molar-refractivity contribution >= 4 is 28.9 Å². The molecule has 2 aromatic rings. The molecule has 0 spiro atoms. The number of carbonyl (C=O) groups is 1. The molecule has 25 heavy (non-hydrogen) atoms.